The lowest BCUT2D eigenvalue weighted by atomic mass is 9.85. The molecule has 0 fully saturated rings. The van der Waals surface area contributed by atoms with Gasteiger partial charge in [-0.25, -0.2) is 0 Å². The van der Waals surface area contributed by atoms with Gasteiger partial charge in [-0.15, -0.1) is 0 Å². The van der Waals surface area contributed by atoms with Crippen molar-refractivity contribution >= 4 is 10.8 Å². The molecule has 0 spiro atoms. The molecule has 0 amide bonds. The second-order valence-corrected chi connectivity index (χ2v) is 7.13. The largest absolute Gasteiger partial charge is 0.260 e. The van der Waals surface area contributed by atoms with Gasteiger partial charge in [-0.1, -0.05) is 53.7 Å². The second kappa shape index (κ2) is 4.08. The minimum absolute atomic E-state index is 0.108. The highest BCUT2D eigenvalue weighted by Crippen LogP contribution is 2.28. The van der Waals surface area contributed by atoms with Crippen molar-refractivity contribution in [3.63, 3.8) is 0 Å². The monoisotopic (exact) mass is 241 g/mol. The molecule has 1 nitrogen and oxygen atoms in total. The number of rotatable bonds is 0. The first-order valence-corrected chi connectivity index (χ1v) is 6.59. The van der Waals surface area contributed by atoms with Gasteiger partial charge in [0.05, 0.1) is 0 Å². The van der Waals surface area contributed by atoms with Gasteiger partial charge in [0.25, 0.3) is 0 Å². The highest BCUT2D eigenvalue weighted by molar-refractivity contribution is 5.83. The molecule has 0 aliphatic carbocycles. The molecule has 2 rings (SSSR count). The van der Waals surface area contributed by atoms with Crippen LogP contribution in [0.3, 0.4) is 0 Å². The van der Waals surface area contributed by atoms with Crippen molar-refractivity contribution in [1.29, 1.82) is 0 Å². The fraction of sp³-hybridized carbons (Fsp3) is 0.471. The van der Waals surface area contributed by atoms with Crippen molar-refractivity contribution in [2.24, 2.45) is 0 Å². The Hall–Kier alpha value is -1.37. The summed E-state index contributed by atoms with van der Waals surface area (Å²) in [6.07, 6.45) is 2.01. The van der Waals surface area contributed by atoms with Crippen molar-refractivity contribution < 1.29 is 0 Å². The molecule has 2 aromatic rings. The van der Waals surface area contributed by atoms with Crippen LogP contribution in [0, 0.1) is 0 Å². The molecule has 1 heteroatoms. The summed E-state index contributed by atoms with van der Waals surface area (Å²) in [7, 11) is 0. The van der Waals surface area contributed by atoms with Crippen molar-refractivity contribution in [3.8, 4) is 0 Å². The molecule has 1 aromatic carbocycles. The maximum atomic E-state index is 4.60. The van der Waals surface area contributed by atoms with Crippen molar-refractivity contribution in [1.82, 2.24) is 4.98 Å². The second-order valence-electron chi connectivity index (χ2n) is 7.13. The van der Waals surface area contributed by atoms with Gasteiger partial charge in [0.1, 0.15) is 0 Å². The zero-order valence-electron chi connectivity index (χ0n) is 12.3. The third-order valence-electron chi connectivity index (χ3n) is 3.36. The molecule has 0 radical (unpaired) electrons. The summed E-state index contributed by atoms with van der Waals surface area (Å²) < 4.78 is 0. The molecular formula is C17H23N. The molecule has 0 unspecified atom stereocenters. The van der Waals surface area contributed by atoms with Crippen LogP contribution in [0.4, 0.5) is 0 Å². The molecule has 0 N–H and O–H groups in total. The summed E-state index contributed by atoms with van der Waals surface area (Å²) in [6.45, 7) is 13.3. The van der Waals surface area contributed by atoms with E-state index in [-0.39, 0.29) is 10.8 Å². The summed E-state index contributed by atoms with van der Waals surface area (Å²) in [5.74, 6) is 0. The third kappa shape index (κ3) is 2.55. The van der Waals surface area contributed by atoms with Gasteiger partial charge in [0.15, 0.2) is 0 Å². The van der Waals surface area contributed by atoms with Gasteiger partial charge >= 0.3 is 0 Å². The number of hydrogen-bond donors (Lipinski definition) is 0. The molecule has 1 aromatic heterocycles. The smallest absolute Gasteiger partial charge is 0.0463 e. The van der Waals surface area contributed by atoms with E-state index in [1.807, 2.05) is 6.20 Å². The van der Waals surface area contributed by atoms with Crippen LogP contribution in [0.5, 0.6) is 0 Å². The fourth-order valence-electron chi connectivity index (χ4n) is 2.02. The van der Waals surface area contributed by atoms with Crippen LogP contribution in [0.2, 0.25) is 0 Å². The van der Waals surface area contributed by atoms with Gasteiger partial charge in [-0.3, -0.25) is 4.98 Å². The molecule has 0 saturated carbocycles. The third-order valence-corrected chi connectivity index (χ3v) is 3.36. The Morgan fingerprint density at radius 2 is 1.44 bits per heavy atom. The lowest BCUT2D eigenvalue weighted by molar-refractivity contribution is 0.570. The van der Waals surface area contributed by atoms with Crippen LogP contribution in [-0.2, 0) is 10.8 Å². The maximum Gasteiger partial charge on any atom is 0.0463 e. The average Bonchev–Trinajstić information content (AvgIpc) is 2.25. The first kappa shape index (κ1) is 13.1. The Labute approximate surface area is 110 Å². The standard InChI is InChI=1S/C17H23N/c1-16(2,3)14-8-7-12-10-15(17(4,5)6)18-11-13(12)9-14/h7-11H,1-6H3. The summed E-state index contributed by atoms with van der Waals surface area (Å²) in [5, 5.41) is 2.51. The number of fused-ring (bicyclic) bond motifs is 1. The van der Waals surface area contributed by atoms with Crippen LogP contribution in [0.15, 0.2) is 30.5 Å². The lowest BCUT2D eigenvalue weighted by Crippen LogP contribution is -2.13. The Morgan fingerprint density at radius 1 is 0.778 bits per heavy atom. The van der Waals surface area contributed by atoms with Crippen molar-refractivity contribution in [2.45, 2.75) is 52.4 Å². The first-order chi connectivity index (χ1) is 8.18. The van der Waals surface area contributed by atoms with E-state index >= 15 is 0 Å². The molecule has 0 aliphatic heterocycles. The van der Waals surface area contributed by atoms with Gasteiger partial charge in [0.2, 0.25) is 0 Å². The zero-order chi connectivity index (χ0) is 13.6. The number of hydrogen-bond acceptors (Lipinski definition) is 1. The number of pyridine rings is 1. The maximum absolute atomic E-state index is 4.60. The van der Waals surface area contributed by atoms with E-state index < -0.39 is 0 Å². The van der Waals surface area contributed by atoms with E-state index in [1.165, 1.54) is 16.3 Å². The van der Waals surface area contributed by atoms with E-state index in [2.05, 4.69) is 70.8 Å². The van der Waals surface area contributed by atoms with Crippen LogP contribution >= 0.6 is 0 Å². The van der Waals surface area contributed by atoms with Gasteiger partial charge in [-0.2, -0.15) is 0 Å². The SMILES string of the molecule is CC(C)(C)c1ccc2cc(C(C)(C)C)ncc2c1. The van der Waals surface area contributed by atoms with E-state index in [9.17, 15) is 0 Å². The Balaban J connectivity index is 2.56. The predicted octanol–water partition coefficient (Wildman–Crippen LogP) is 4.83. The zero-order valence-corrected chi connectivity index (χ0v) is 12.3. The van der Waals surface area contributed by atoms with Gasteiger partial charge < -0.3 is 0 Å². The molecular weight excluding hydrogens is 218 g/mol. The Bertz CT molecular complexity index is 515. The minimum Gasteiger partial charge on any atom is -0.260 e. The van der Waals surface area contributed by atoms with E-state index in [4.69, 9.17) is 0 Å². The summed E-state index contributed by atoms with van der Waals surface area (Å²) in [5.41, 5.74) is 2.81. The normalized spacial score (nSPS) is 13.0. The Kier molecular flexibility index (Phi) is 2.96. The molecule has 18 heavy (non-hydrogen) atoms. The number of nitrogens with zero attached hydrogens (tertiary/aromatic N) is 1. The molecule has 0 bridgehead atoms. The quantitative estimate of drug-likeness (QED) is 0.643. The highest BCUT2D eigenvalue weighted by Gasteiger charge is 2.17. The van der Waals surface area contributed by atoms with Gasteiger partial charge in [0, 0.05) is 22.7 Å². The minimum atomic E-state index is 0.108. The molecule has 0 saturated heterocycles. The molecule has 0 atom stereocenters. The van der Waals surface area contributed by atoms with Crippen LogP contribution in [-0.4, -0.2) is 4.98 Å². The van der Waals surface area contributed by atoms with Crippen molar-refractivity contribution in [3.05, 3.63) is 41.7 Å². The fourth-order valence-corrected chi connectivity index (χ4v) is 2.02. The van der Waals surface area contributed by atoms with Crippen LogP contribution in [0.25, 0.3) is 10.8 Å². The predicted molar refractivity (Wildman–Crippen MR) is 79.1 cm³/mol. The number of aromatic nitrogens is 1. The molecule has 96 valence electrons. The first-order valence-electron chi connectivity index (χ1n) is 6.59. The van der Waals surface area contributed by atoms with Crippen LogP contribution < -0.4 is 0 Å². The molecule has 0 aliphatic rings. The summed E-state index contributed by atoms with van der Waals surface area (Å²) in [6, 6.07) is 8.91. The number of benzene rings is 1. The Morgan fingerprint density at radius 3 is 2.00 bits per heavy atom. The summed E-state index contributed by atoms with van der Waals surface area (Å²) in [4.78, 5) is 4.60. The highest BCUT2D eigenvalue weighted by atomic mass is 14.7. The van der Waals surface area contributed by atoms with Crippen molar-refractivity contribution in [2.75, 3.05) is 0 Å². The van der Waals surface area contributed by atoms with Gasteiger partial charge in [-0.05, 0) is 28.5 Å². The average molecular weight is 241 g/mol. The summed E-state index contributed by atoms with van der Waals surface area (Å²) >= 11 is 0. The lowest BCUT2D eigenvalue weighted by Gasteiger charge is -2.21. The van der Waals surface area contributed by atoms with E-state index in [0.717, 1.165) is 5.69 Å². The molecule has 1 heterocycles. The topological polar surface area (TPSA) is 12.9 Å². The van der Waals surface area contributed by atoms with E-state index in [0.29, 0.717) is 0 Å². The van der Waals surface area contributed by atoms with Crippen LogP contribution in [0.1, 0.15) is 52.8 Å². The van der Waals surface area contributed by atoms with E-state index in [1.54, 1.807) is 0 Å².